The average molecular weight is 536 g/mol. The van der Waals surface area contributed by atoms with Crippen molar-refractivity contribution in [2.24, 2.45) is 11.1 Å². The number of ether oxygens (including phenoxy) is 1. The summed E-state index contributed by atoms with van der Waals surface area (Å²) in [5, 5.41) is 10.3. The molecule has 3 atom stereocenters. The minimum Gasteiger partial charge on any atom is -0.369 e. The van der Waals surface area contributed by atoms with Gasteiger partial charge in [-0.2, -0.15) is 5.26 Å². The molecule has 0 saturated carbocycles. The number of rotatable bonds is 5. The van der Waals surface area contributed by atoms with Crippen LogP contribution < -0.4 is 10.6 Å². The highest BCUT2D eigenvalue weighted by Gasteiger charge is 2.44. The number of primary amides is 1. The number of nitrogens with two attached hydrogens (primary N) is 1. The number of amides is 2. The molecular weight excluding hydrogens is 509 g/mol. The topological polar surface area (TPSA) is 96.4 Å². The molecule has 3 aromatic rings. The largest absolute Gasteiger partial charge is 0.369 e. The van der Waals surface area contributed by atoms with Crippen LogP contribution >= 0.6 is 23.2 Å². The fraction of sp³-hybridized carbons (Fsp3) is 0.276. The molecule has 6 nitrogen and oxygen atoms in total. The molecule has 0 saturated heterocycles. The maximum atomic E-state index is 14.3. The zero-order chi connectivity index (χ0) is 26.9. The Morgan fingerprint density at radius 2 is 1.81 bits per heavy atom. The number of hydrogen-bond acceptors (Lipinski definition) is 4. The smallest absolute Gasteiger partial charge is 0.257 e. The van der Waals surface area contributed by atoms with E-state index in [1.54, 1.807) is 59.5 Å². The van der Waals surface area contributed by atoms with Crippen LogP contribution in [0.5, 0.6) is 0 Å². The van der Waals surface area contributed by atoms with Gasteiger partial charge in [0.05, 0.1) is 17.6 Å². The van der Waals surface area contributed by atoms with Crippen molar-refractivity contribution in [3.63, 3.8) is 0 Å². The molecule has 0 aliphatic carbocycles. The lowest BCUT2D eigenvalue weighted by Gasteiger charge is -2.33. The summed E-state index contributed by atoms with van der Waals surface area (Å²) in [5.74, 6) is -2.32. The number of anilines is 1. The van der Waals surface area contributed by atoms with E-state index >= 15 is 0 Å². The van der Waals surface area contributed by atoms with Gasteiger partial charge >= 0.3 is 0 Å². The molecule has 0 radical (unpaired) electrons. The number of hydrogen-bond donors (Lipinski definition) is 1. The van der Waals surface area contributed by atoms with Crippen molar-refractivity contribution in [1.82, 2.24) is 0 Å². The number of halogens is 2. The Bertz CT molecular complexity index is 1390. The molecule has 190 valence electrons. The summed E-state index contributed by atoms with van der Waals surface area (Å²) in [6, 6.07) is 21.0. The van der Waals surface area contributed by atoms with Gasteiger partial charge in [0.1, 0.15) is 6.10 Å². The molecule has 1 aliphatic heterocycles. The molecule has 1 heterocycles. The molecule has 0 spiro atoms. The molecule has 37 heavy (non-hydrogen) atoms. The van der Waals surface area contributed by atoms with Crippen LogP contribution in [0.1, 0.15) is 55.0 Å². The normalized spacial score (nSPS) is 18.5. The van der Waals surface area contributed by atoms with Crippen molar-refractivity contribution in [3.8, 4) is 6.07 Å². The first-order valence-corrected chi connectivity index (χ1v) is 12.6. The van der Waals surface area contributed by atoms with Crippen molar-refractivity contribution >= 4 is 40.7 Å². The van der Waals surface area contributed by atoms with Crippen molar-refractivity contribution in [2.45, 2.75) is 38.9 Å². The first kappa shape index (κ1) is 26.7. The quantitative estimate of drug-likeness (QED) is 0.433. The molecular formula is C29H27Cl2N3O3. The zero-order valence-corrected chi connectivity index (χ0v) is 22.3. The van der Waals surface area contributed by atoms with Gasteiger partial charge in [-0.15, -0.1) is 0 Å². The van der Waals surface area contributed by atoms with E-state index in [2.05, 4.69) is 6.07 Å². The highest BCUT2D eigenvalue weighted by Crippen LogP contribution is 2.44. The molecule has 1 unspecified atom stereocenters. The Hall–Kier alpha value is -3.37. The predicted molar refractivity (Wildman–Crippen MR) is 145 cm³/mol. The van der Waals surface area contributed by atoms with Crippen LogP contribution in [-0.2, 0) is 14.3 Å². The maximum absolute atomic E-state index is 14.3. The van der Waals surface area contributed by atoms with Crippen LogP contribution in [0.25, 0.3) is 0 Å². The van der Waals surface area contributed by atoms with E-state index < -0.39 is 29.9 Å². The molecule has 0 bridgehead atoms. The Labute approximate surface area is 226 Å². The predicted octanol–water partition coefficient (Wildman–Crippen LogP) is 6.00. The minimum absolute atomic E-state index is 0.287. The Balaban J connectivity index is 1.97. The molecule has 2 amide bonds. The van der Waals surface area contributed by atoms with Gasteiger partial charge in [0.2, 0.25) is 5.91 Å². The molecule has 4 rings (SSSR count). The number of benzene rings is 3. The number of carbonyl (C=O) groups excluding carboxylic acids is 2. The summed E-state index contributed by atoms with van der Waals surface area (Å²) in [5.41, 5.74) is 8.26. The first-order valence-electron chi connectivity index (χ1n) is 11.8. The van der Waals surface area contributed by atoms with Crippen molar-refractivity contribution < 1.29 is 14.3 Å². The van der Waals surface area contributed by atoms with Crippen molar-refractivity contribution in [2.75, 3.05) is 11.4 Å². The fourth-order valence-electron chi connectivity index (χ4n) is 4.61. The summed E-state index contributed by atoms with van der Waals surface area (Å²) in [6.07, 6.45) is -2.11. The number of nitriles is 1. The molecule has 3 aromatic carbocycles. The number of fused-ring (bicyclic) bond motifs is 1. The van der Waals surface area contributed by atoms with E-state index in [0.717, 1.165) is 0 Å². The second-order valence-corrected chi connectivity index (χ2v) is 11.1. The molecule has 1 aliphatic rings. The lowest BCUT2D eigenvalue weighted by Crippen LogP contribution is -2.48. The van der Waals surface area contributed by atoms with Gasteiger partial charge < -0.3 is 15.4 Å². The van der Waals surface area contributed by atoms with Crippen LogP contribution in [0.2, 0.25) is 10.0 Å². The van der Waals surface area contributed by atoms with Crippen molar-refractivity contribution in [1.29, 1.82) is 5.26 Å². The van der Waals surface area contributed by atoms with Gasteiger partial charge in [-0.3, -0.25) is 9.59 Å². The lowest BCUT2D eigenvalue weighted by atomic mass is 9.89. The minimum atomic E-state index is -1.29. The van der Waals surface area contributed by atoms with E-state index in [9.17, 15) is 14.9 Å². The zero-order valence-electron chi connectivity index (χ0n) is 20.7. The number of nitrogens with zero attached hydrogens (tertiary/aromatic N) is 2. The molecule has 0 aromatic heterocycles. The highest BCUT2D eigenvalue weighted by molar-refractivity contribution is 6.31. The van der Waals surface area contributed by atoms with E-state index in [4.69, 9.17) is 33.7 Å². The summed E-state index contributed by atoms with van der Waals surface area (Å²) >= 11 is 13.0. The third-order valence-electron chi connectivity index (χ3n) is 6.16. The van der Waals surface area contributed by atoms with Gasteiger partial charge in [-0.25, -0.2) is 0 Å². The van der Waals surface area contributed by atoms with Crippen LogP contribution in [0, 0.1) is 16.7 Å². The van der Waals surface area contributed by atoms with Gasteiger partial charge in [-0.05, 0) is 47.4 Å². The Morgan fingerprint density at radius 3 is 2.46 bits per heavy atom. The average Bonchev–Trinajstić information content (AvgIpc) is 2.94. The first-order chi connectivity index (χ1) is 17.5. The summed E-state index contributed by atoms with van der Waals surface area (Å²) in [6.45, 7) is 6.40. The molecule has 8 heteroatoms. The Kier molecular flexibility index (Phi) is 7.61. The SMILES string of the molecule is CC(C)(C)CN1C(=O)[C@H](C(C(N)=O)c2cccc(C#N)c2)O[C@@H](c2ccccc2Cl)c2cc(Cl)ccc21. The maximum Gasteiger partial charge on any atom is 0.257 e. The van der Waals surface area contributed by atoms with Crippen LogP contribution in [-0.4, -0.2) is 24.5 Å². The third kappa shape index (κ3) is 5.65. The van der Waals surface area contributed by atoms with E-state index in [1.807, 2.05) is 32.9 Å². The lowest BCUT2D eigenvalue weighted by molar-refractivity contribution is -0.139. The summed E-state index contributed by atoms with van der Waals surface area (Å²) in [4.78, 5) is 28.8. The van der Waals surface area contributed by atoms with Crippen LogP contribution in [0.4, 0.5) is 5.69 Å². The monoisotopic (exact) mass is 535 g/mol. The second-order valence-electron chi connectivity index (χ2n) is 10.3. The Morgan fingerprint density at radius 1 is 1.08 bits per heavy atom. The van der Waals surface area contributed by atoms with Crippen LogP contribution in [0.15, 0.2) is 66.7 Å². The number of carbonyl (C=O) groups is 2. The van der Waals surface area contributed by atoms with Gasteiger partial charge in [-0.1, -0.05) is 74.3 Å². The summed E-state index contributed by atoms with van der Waals surface area (Å²) in [7, 11) is 0. The molecule has 2 N–H and O–H groups in total. The van der Waals surface area contributed by atoms with E-state index in [-0.39, 0.29) is 5.41 Å². The van der Waals surface area contributed by atoms with Gasteiger partial charge in [0.25, 0.3) is 5.91 Å². The van der Waals surface area contributed by atoms with Gasteiger partial charge in [0.15, 0.2) is 6.10 Å². The standard InChI is InChI=1S/C29H27Cl2N3O3/c1-29(2,3)16-34-23-12-11-19(30)14-21(23)25(20-9-4-5-10-22(20)31)37-26(28(34)36)24(27(33)35)18-8-6-7-17(13-18)15-32/h4-14,24-26H,16H2,1-3H3,(H2,33,35)/t24?,25-,26-/m0/s1. The summed E-state index contributed by atoms with van der Waals surface area (Å²) < 4.78 is 6.55. The van der Waals surface area contributed by atoms with E-state index in [0.29, 0.717) is 44.5 Å². The fourth-order valence-corrected chi connectivity index (χ4v) is 5.02. The second kappa shape index (κ2) is 10.5. The van der Waals surface area contributed by atoms with Crippen molar-refractivity contribution in [3.05, 3.63) is 99.0 Å². The van der Waals surface area contributed by atoms with Crippen LogP contribution in [0.3, 0.4) is 0 Å². The van der Waals surface area contributed by atoms with E-state index in [1.165, 1.54) is 0 Å². The molecule has 0 fully saturated rings. The van der Waals surface area contributed by atoms with Gasteiger partial charge in [0, 0.05) is 33.4 Å². The third-order valence-corrected chi connectivity index (χ3v) is 6.74. The highest BCUT2D eigenvalue weighted by atomic mass is 35.5.